The first-order valence-electron chi connectivity index (χ1n) is 13.2. The van der Waals surface area contributed by atoms with E-state index in [1.807, 2.05) is 0 Å². The Balaban J connectivity index is 1.25. The maximum absolute atomic E-state index is 14.1. The van der Waals surface area contributed by atoms with E-state index in [4.69, 9.17) is 20.6 Å². The first-order chi connectivity index (χ1) is 20.0. The van der Waals surface area contributed by atoms with Crippen LogP contribution >= 0.6 is 11.3 Å². The number of nitrogen functional groups attached to an aromatic ring is 1. The van der Waals surface area contributed by atoms with Crippen LogP contribution in [-0.2, 0) is 25.6 Å². The van der Waals surface area contributed by atoms with Crippen molar-refractivity contribution in [1.29, 1.82) is 5.41 Å². The summed E-state index contributed by atoms with van der Waals surface area (Å²) in [6.45, 7) is 2.41. The fourth-order valence-electron chi connectivity index (χ4n) is 5.03. The number of carbonyl (C=O) groups is 3. The van der Waals surface area contributed by atoms with E-state index in [2.05, 4.69) is 10.6 Å². The fraction of sp³-hybridized carbons (Fsp3) is 0.310. The number of likely N-dealkylation sites (tertiary alicyclic amines) is 1. The van der Waals surface area contributed by atoms with Crippen LogP contribution < -0.4 is 16.4 Å². The van der Waals surface area contributed by atoms with Gasteiger partial charge in [0, 0.05) is 39.4 Å². The molecule has 2 aliphatic rings. The maximum atomic E-state index is 14.1. The van der Waals surface area contributed by atoms with Gasteiger partial charge in [0.1, 0.15) is 29.6 Å². The van der Waals surface area contributed by atoms with Crippen LogP contribution in [0.4, 0.5) is 8.78 Å². The largest absolute Gasteiger partial charge is 0.384 e. The summed E-state index contributed by atoms with van der Waals surface area (Å²) in [5.74, 6) is -4.01. The highest BCUT2D eigenvalue weighted by atomic mass is 32.1. The van der Waals surface area contributed by atoms with E-state index in [0.717, 1.165) is 17.0 Å². The van der Waals surface area contributed by atoms with Gasteiger partial charge in [0.2, 0.25) is 11.8 Å². The minimum absolute atomic E-state index is 0.0234. The van der Waals surface area contributed by atoms with Gasteiger partial charge in [-0.2, -0.15) is 0 Å². The van der Waals surface area contributed by atoms with Crippen molar-refractivity contribution in [2.45, 2.75) is 37.8 Å². The molecule has 3 aromatic rings. The standard InChI is InChI=1S/C29H29F2N5O5S/c1-16(35-26(37)18-4-2-17(3-5-18)22-7-6-20(30)11-23(22)31)28(39)36-15-29(40-8-9-41-29)12-24(36)27(38)34-13-21-10-19(14-42-21)25(32)33/h2-7,10-11,14,16,24H,8-9,12-13,15H2,1H3,(H3,32,33)(H,34,38)(H,35,37)/t16-,24-/m0/s1. The van der Waals surface area contributed by atoms with Gasteiger partial charge in [-0.25, -0.2) is 8.78 Å². The van der Waals surface area contributed by atoms with Crippen LogP contribution in [0.3, 0.4) is 0 Å². The number of nitrogens with zero attached hydrogens (tertiary/aromatic N) is 1. The molecule has 5 N–H and O–H groups in total. The van der Waals surface area contributed by atoms with Crippen LogP contribution in [0.25, 0.3) is 11.1 Å². The molecule has 2 saturated heterocycles. The van der Waals surface area contributed by atoms with Gasteiger partial charge >= 0.3 is 0 Å². The number of nitrogens with one attached hydrogen (secondary N) is 3. The van der Waals surface area contributed by atoms with Gasteiger partial charge in [0.25, 0.3) is 5.91 Å². The quantitative estimate of drug-likeness (QED) is 0.232. The van der Waals surface area contributed by atoms with Gasteiger partial charge in [0.05, 0.1) is 26.3 Å². The summed E-state index contributed by atoms with van der Waals surface area (Å²) < 4.78 is 39.0. The third-order valence-electron chi connectivity index (χ3n) is 7.20. The Kier molecular flexibility index (Phi) is 8.34. The van der Waals surface area contributed by atoms with Crippen molar-refractivity contribution in [2.24, 2.45) is 5.73 Å². The number of thiophene rings is 1. The molecule has 0 saturated carbocycles. The summed E-state index contributed by atoms with van der Waals surface area (Å²) in [6.07, 6.45) is 0.135. The summed E-state index contributed by atoms with van der Waals surface area (Å²) in [7, 11) is 0. The Morgan fingerprint density at radius 1 is 1.12 bits per heavy atom. The molecule has 0 radical (unpaired) electrons. The van der Waals surface area contributed by atoms with Crippen molar-refractivity contribution in [1.82, 2.24) is 15.5 Å². The minimum atomic E-state index is -1.10. The lowest BCUT2D eigenvalue weighted by atomic mass is 10.0. The van der Waals surface area contributed by atoms with Crippen LogP contribution in [-0.4, -0.2) is 66.1 Å². The van der Waals surface area contributed by atoms with Gasteiger partial charge in [-0.15, -0.1) is 11.3 Å². The van der Waals surface area contributed by atoms with Gasteiger partial charge < -0.3 is 30.7 Å². The number of hydrogen-bond acceptors (Lipinski definition) is 7. The molecule has 2 aliphatic heterocycles. The maximum Gasteiger partial charge on any atom is 0.251 e. The van der Waals surface area contributed by atoms with Crippen molar-refractivity contribution in [3.05, 3.63) is 81.5 Å². The third kappa shape index (κ3) is 6.17. The molecule has 2 aromatic carbocycles. The summed E-state index contributed by atoms with van der Waals surface area (Å²) in [5, 5.41) is 14.8. The Morgan fingerprint density at radius 2 is 1.83 bits per heavy atom. The van der Waals surface area contributed by atoms with Gasteiger partial charge in [0.15, 0.2) is 5.79 Å². The zero-order chi connectivity index (χ0) is 30.0. The molecular formula is C29H29F2N5O5S. The second-order valence-electron chi connectivity index (χ2n) is 10.1. The number of benzene rings is 2. The highest BCUT2D eigenvalue weighted by molar-refractivity contribution is 7.10. The van der Waals surface area contributed by atoms with Gasteiger partial charge in [-0.3, -0.25) is 19.8 Å². The van der Waals surface area contributed by atoms with Crippen LogP contribution in [0.2, 0.25) is 0 Å². The predicted molar refractivity (Wildman–Crippen MR) is 151 cm³/mol. The Morgan fingerprint density at radius 3 is 2.48 bits per heavy atom. The molecule has 1 spiro atoms. The smallest absolute Gasteiger partial charge is 0.251 e. The normalized spacial score (nSPS) is 18.2. The van der Waals surface area contributed by atoms with E-state index in [-0.39, 0.29) is 36.5 Å². The van der Waals surface area contributed by atoms with Crippen LogP contribution in [0.5, 0.6) is 0 Å². The molecule has 13 heteroatoms. The molecule has 0 aliphatic carbocycles. The van der Waals surface area contributed by atoms with E-state index in [1.54, 1.807) is 11.4 Å². The summed E-state index contributed by atoms with van der Waals surface area (Å²) >= 11 is 1.35. The Bertz CT molecular complexity index is 1520. The third-order valence-corrected chi connectivity index (χ3v) is 8.14. The Labute approximate surface area is 244 Å². The number of amides is 3. The molecule has 1 aromatic heterocycles. The van der Waals surface area contributed by atoms with Gasteiger partial charge in [-0.1, -0.05) is 12.1 Å². The van der Waals surface area contributed by atoms with Crippen molar-refractivity contribution in [3.8, 4) is 11.1 Å². The van der Waals surface area contributed by atoms with E-state index in [0.29, 0.717) is 24.3 Å². The molecule has 3 heterocycles. The number of hydrogen-bond donors (Lipinski definition) is 4. The molecule has 10 nitrogen and oxygen atoms in total. The summed E-state index contributed by atoms with van der Waals surface area (Å²) in [4.78, 5) is 41.9. The molecule has 0 bridgehead atoms. The van der Waals surface area contributed by atoms with Crippen molar-refractivity contribution >= 4 is 34.9 Å². The fourth-order valence-corrected chi connectivity index (χ4v) is 5.86. The Hall–Kier alpha value is -4.20. The topological polar surface area (TPSA) is 147 Å². The van der Waals surface area contributed by atoms with Crippen LogP contribution in [0, 0.1) is 17.0 Å². The van der Waals surface area contributed by atoms with E-state index < -0.39 is 47.2 Å². The molecule has 42 heavy (non-hydrogen) atoms. The average molecular weight is 598 g/mol. The highest BCUT2D eigenvalue weighted by Crippen LogP contribution is 2.35. The number of rotatable bonds is 8. The van der Waals surface area contributed by atoms with Crippen molar-refractivity contribution < 1.29 is 32.6 Å². The number of carbonyl (C=O) groups excluding carboxylic acids is 3. The lowest BCUT2D eigenvalue weighted by Crippen LogP contribution is -2.52. The average Bonchev–Trinajstić information content (AvgIpc) is 3.72. The molecule has 0 unspecified atom stereocenters. The summed E-state index contributed by atoms with van der Waals surface area (Å²) in [5.41, 5.74) is 6.96. The lowest BCUT2D eigenvalue weighted by molar-refractivity contribution is -0.153. The highest BCUT2D eigenvalue weighted by Gasteiger charge is 2.53. The second kappa shape index (κ2) is 12.0. The second-order valence-corrected chi connectivity index (χ2v) is 11.1. The monoisotopic (exact) mass is 597 g/mol. The molecule has 3 amide bonds. The van der Waals surface area contributed by atoms with E-state index in [9.17, 15) is 23.2 Å². The number of amidine groups is 1. The predicted octanol–water partition coefficient (Wildman–Crippen LogP) is 2.76. The number of nitrogens with two attached hydrogens (primary N) is 1. The zero-order valence-electron chi connectivity index (χ0n) is 22.6. The minimum Gasteiger partial charge on any atom is -0.384 e. The molecule has 5 rings (SSSR count). The first kappa shape index (κ1) is 29.3. The molecule has 220 valence electrons. The first-order valence-corrected chi connectivity index (χ1v) is 14.1. The van der Waals surface area contributed by atoms with Gasteiger partial charge in [-0.05, 0) is 42.8 Å². The molecule has 2 fully saturated rings. The molecule has 2 atom stereocenters. The SMILES string of the molecule is C[C@H](NC(=O)c1ccc(-c2ccc(F)cc2F)cc1)C(=O)N1CC2(C[C@H]1C(=O)NCc1cc(C(=N)N)cs1)OCCO2. The molecular weight excluding hydrogens is 568 g/mol. The zero-order valence-corrected chi connectivity index (χ0v) is 23.4. The number of ether oxygens (including phenoxy) is 2. The van der Waals surface area contributed by atoms with Crippen molar-refractivity contribution in [3.63, 3.8) is 0 Å². The summed E-state index contributed by atoms with van der Waals surface area (Å²) in [6, 6.07) is 9.11. The number of halogens is 2. The van der Waals surface area contributed by atoms with Crippen LogP contribution in [0.1, 0.15) is 34.1 Å². The lowest BCUT2D eigenvalue weighted by Gasteiger charge is -2.27. The van der Waals surface area contributed by atoms with Crippen LogP contribution in [0.15, 0.2) is 53.9 Å². The van der Waals surface area contributed by atoms with E-state index >= 15 is 0 Å². The van der Waals surface area contributed by atoms with Crippen molar-refractivity contribution in [2.75, 3.05) is 19.8 Å². The van der Waals surface area contributed by atoms with E-state index in [1.165, 1.54) is 53.5 Å².